The van der Waals surface area contributed by atoms with Crippen LogP contribution in [-0.2, 0) is 10.1 Å². The molecule has 0 aromatic heterocycles. The van der Waals surface area contributed by atoms with Gasteiger partial charge in [0, 0.05) is 6.42 Å². The van der Waals surface area contributed by atoms with Crippen LogP contribution in [0.4, 0.5) is 5.69 Å². The van der Waals surface area contributed by atoms with Crippen molar-refractivity contribution in [2.24, 2.45) is 0 Å². The van der Waals surface area contributed by atoms with Crippen molar-refractivity contribution in [3.63, 3.8) is 0 Å². The molecule has 0 spiro atoms. The van der Waals surface area contributed by atoms with Gasteiger partial charge in [-0.05, 0) is 31.5 Å². The third kappa shape index (κ3) is 5.06. The van der Waals surface area contributed by atoms with Crippen LogP contribution in [-0.4, -0.2) is 24.8 Å². The first kappa shape index (κ1) is 13.8. The number of aryl methyl sites for hydroxylation is 1. The van der Waals surface area contributed by atoms with E-state index >= 15 is 0 Å². The van der Waals surface area contributed by atoms with Gasteiger partial charge in [0.15, 0.2) is 0 Å². The predicted molar refractivity (Wildman–Crippen MR) is 66.7 cm³/mol. The zero-order valence-electron chi connectivity index (χ0n) is 9.88. The van der Waals surface area contributed by atoms with Crippen molar-refractivity contribution < 1.29 is 17.7 Å². The molecule has 0 saturated heterocycles. The van der Waals surface area contributed by atoms with Gasteiger partial charge in [-0.2, -0.15) is 8.42 Å². The van der Waals surface area contributed by atoms with E-state index in [-0.39, 0.29) is 18.3 Å². The average molecular weight is 259 g/mol. The van der Waals surface area contributed by atoms with Gasteiger partial charge < -0.3 is 10.5 Å². The summed E-state index contributed by atoms with van der Waals surface area (Å²) in [5.41, 5.74) is 7.30. The van der Waals surface area contributed by atoms with Crippen molar-refractivity contribution in [1.29, 1.82) is 0 Å². The molecule has 0 aliphatic rings. The predicted octanol–water partition coefficient (Wildman–Crippen LogP) is 1.62. The Morgan fingerprint density at radius 2 is 2.12 bits per heavy atom. The molecular formula is C11H17NO4S. The molecule has 0 heterocycles. The van der Waals surface area contributed by atoms with Crippen LogP contribution in [0.15, 0.2) is 18.2 Å². The van der Waals surface area contributed by atoms with Gasteiger partial charge in [0.1, 0.15) is 5.75 Å². The Kier molecular flexibility index (Phi) is 4.36. The first-order chi connectivity index (χ1) is 7.78. The van der Waals surface area contributed by atoms with Crippen molar-refractivity contribution in [3.8, 4) is 5.75 Å². The summed E-state index contributed by atoms with van der Waals surface area (Å²) >= 11 is 0. The van der Waals surface area contributed by atoms with Crippen molar-refractivity contribution >= 4 is 15.8 Å². The van der Waals surface area contributed by atoms with Crippen LogP contribution >= 0.6 is 0 Å². The van der Waals surface area contributed by atoms with Crippen molar-refractivity contribution in [2.75, 3.05) is 11.5 Å². The lowest BCUT2D eigenvalue weighted by atomic mass is 10.2. The Morgan fingerprint density at radius 1 is 1.47 bits per heavy atom. The second-order valence-electron chi connectivity index (χ2n) is 4.04. The summed E-state index contributed by atoms with van der Waals surface area (Å²) in [5, 5.41) is 0. The molecule has 1 aromatic rings. The monoisotopic (exact) mass is 259 g/mol. The molecule has 1 rings (SSSR count). The molecule has 0 aliphatic heterocycles. The van der Waals surface area contributed by atoms with E-state index < -0.39 is 10.1 Å². The number of ether oxygens (including phenoxy) is 1. The molecule has 1 atom stereocenters. The number of hydrogen-bond donors (Lipinski definition) is 2. The van der Waals surface area contributed by atoms with Gasteiger partial charge in [0.05, 0.1) is 17.5 Å². The van der Waals surface area contributed by atoms with E-state index in [4.69, 9.17) is 15.0 Å². The zero-order valence-corrected chi connectivity index (χ0v) is 10.7. The lowest BCUT2D eigenvalue weighted by Gasteiger charge is -2.15. The van der Waals surface area contributed by atoms with Crippen molar-refractivity contribution in [3.05, 3.63) is 23.8 Å². The summed E-state index contributed by atoms with van der Waals surface area (Å²) in [6.45, 7) is 3.65. The number of hydrogen-bond acceptors (Lipinski definition) is 4. The Bertz CT molecular complexity index is 484. The molecular weight excluding hydrogens is 242 g/mol. The molecule has 1 unspecified atom stereocenters. The third-order valence-corrected chi connectivity index (χ3v) is 3.03. The fourth-order valence-corrected chi connectivity index (χ4v) is 2.00. The molecule has 0 radical (unpaired) electrons. The van der Waals surface area contributed by atoms with Gasteiger partial charge >= 0.3 is 0 Å². The average Bonchev–Trinajstić information content (AvgIpc) is 2.18. The fourth-order valence-electron chi connectivity index (χ4n) is 1.37. The summed E-state index contributed by atoms with van der Waals surface area (Å²) in [4.78, 5) is 0. The summed E-state index contributed by atoms with van der Waals surface area (Å²) in [5.74, 6) is 0.207. The summed E-state index contributed by atoms with van der Waals surface area (Å²) < 4.78 is 35.3. The second kappa shape index (κ2) is 5.37. The Labute approximate surface area is 101 Å². The van der Waals surface area contributed by atoms with Gasteiger partial charge in [-0.3, -0.25) is 4.55 Å². The highest BCUT2D eigenvalue weighted by Crippen LogP contribution is 2.23. The lowest BCUT2D eigenvalue weighted by Crippen LogP contribution is -2.18. The van der Waals surface area contributed by atoms with E-state index in [1.54, 1.807) is 19.1 Å². The first-order valence-electron chi connectivity index (χ1n) is 5.26. The lowest BCUT2D eigenvalue weighted by molar-refractivity contribution is 0.218. The zero-order chi connectivity index (χ0) is 13.1. The maximum absolute atomic E-state index is 10.6. The van der Waals surface area contributed by atoms with Crippen molar-refractivity contribution in [1.82, 2.24) is 0 Å². The quantitative estimate of drug-likeness (QED) is 0.619. The summed E-state index contributed by atoms with van der Waals surface area (Å²) in [7, 11) is -3.94. The number of nitrogen functional groups attached to an aromatic ring is 1. The van der Waals surface area contributed by atoms with E-state index in [1.807, 2.05) is 13.0 Å². The molecule has 0 bridgehead atoms. The standard InChI is InChI=1S/C11H17NO4S/c1-8-3-4-11(10(12)7-8)16-9(2)5-6-17(13,14)15/h3-4,7,9H,5-6,12H2,1-2H3,(H,13,14,15). The minimum absolute atomic E-state index is 0.214. The van der Waals surface area contributed by atoms with Gasteiger partial charge in [-0.1, -0.05) is 6.07 Å². The molecule has 0 fully saturated rings. The Hall–Kier alpha value is -1.27. The molecule has 96 valence electrons. The molecule has 0 aliphatic carbocycles. The maximum atomic E-state index is 10.6. The van der Waals surface area contributed by atoms with Crippen LogP contribution in [0.3, 0.4) is 0 Å². The van der Waals surface area contributed by atoms with Crippen LogP contribution in [0.5, 0.6) is 5.75 Å². The highest BCUT2D eigenvalue weighted by atomic mass is 32.2. The highest BCUT2D eigenvalue weighted by molar-refractivity contribution is 7.85. The third-order valence-electron chi connectivity index (χ3n) is 2.28. The van der Waals surface area contributed by atoms with Crippen LogP contribution in [0.1, 0.15) is 18.9 Å². The van der Waals surface area contributed by atoms with Gasteiger partial charge in [0.25, 0.3) is 10.1 Å². The van der Waals surface area contributed by atoms with Gasteiger partial charge in [-0.25, -0.2) is 0 Å². The van der Waals surface area contributed by atoms with Crippen LogP contribution < -0.4 is 10.5 Å². The Morgan fingerprint density at radius 3 is 2.65 bits per heavy atom. The molecule has 5 nitrogen and oxygen atoms in total. The van der Waals surface area contributed by atoms with E-state index in [9.17, 15) is 8.42 Å². The fraction of sp³-hybridized carbons (Fsp3) is 0.455. The number of nitrogens with two attached hydrogens (primary N) is 1. The number of rotatable bonds is 5. The first-order valence-corrected chi connectivity index (χ1v) is 6.87. The van der Waals surface area contributed by atoms with Crippen molar-refractivity contribution in [2.45, 2.75) is 26.4 Å². The topological polar surface area (TPSA) is 89.6 Å². The van der Waals surface area contributed by atoms with E-state index in [0.717, 1.165) is 5.56 Å². The maximum Gasteiger partial charge on any atom is 0.264 e. The summed E-state index contributed by atoms with van der Waals surface area (Å²) in [6, 6.07) is 5.39. The Balaban J connectivity index is 2.59. The van der Waals surface area contributed by atoms with Gasteiger partial charge in [-0.15, -0.1) is 0 Å². The smallest absolute Gasteiger partial charge is 0.264 e. The second-order valence-corrected chi connectivity index (χ2v) is 5.62. The van der Waals surface area contributed by atoms with E-state index in [2.05, 4.69) is 0 Å². The normalized spacial score (nSPS) is 13.4. The number of benzene rings is 1. The molecule has 6 heteroatoms. The van der Waals surface area contributed by atoms with E-state index in [1.165, 1.54) is 0 Å². The molecule has 3 N–H and O–H groups in total. The van der Waals surface area contributed by atoms with Crippen LogP contribution in [0.2, 0.25) is 0 Å². The SMILES string of the molecule is Cc1ccc(OC(C)CCS(=O)(=O)O)c(N)c1. The minimum atomic E-state index is -3.94. The molecule has 17 heavy (non-hydrogen) atoms. The largest absolute Gasteiger partial charge is 0.489 e. The molecule has 0 saturated carbocycles. The molecule has 0 amide bonds. The highest BCUT2D eigenvalue weighted by Gasteiger charge is 2.11. The molecule has 1 aromatic carbocycles. The summed E-state index contributed by atoms with van der Waals surface area (Å²) in [6.07, 6.45) is -0.117. The van der Waals surface area contributed by atoms with Crippen LogP contribution in [0.25, 0.3) is 0 Å². The number of anilines is 1. The van der Waals surface area contributed by atoms with Gasteiger partial charge in [0.2, 0.25) is 0 Å². The van der Waals surface area contributed by atoms with E-state index in [0.29, 0.717) is 11.4 Å². The minimum Gasteiger partial charge on any atom is -0.489 e. The van der Waals surface area contributed by atoms with Crippen LogP contribution in [0, 0.1) is 6.92 Å².